The standard InChI is InChI=1S/C22H24FNO5S/c1-3-14-24(15-4-2)30(27,28)19-12-10-18(11-13-19)21(25)29-22(26)20(23)16-17-8-6-5-7-9-17/h5-13,16H,3-4,14-15H2,1-2H3. The largest absolute Gasteiger partial charge is 0.384 e. The molecule has 0 saturated heterocycles. The van der Waals surface area contributed by atoms with Gasteiger partial charge in [-0.05, 0) is 48.7 Å². The van der Waals surface area contributed by atoms with Crippen LogP contribution in [0.3, 0.4) is 0 Å². The van der Waals surface area contributed by atoms with Gasteiger partial charge >= 0.3 is 11.9 Å². The molecule has 6 nitrogen and oxygen atoms in total. The van der Waals surface area contributed by atoms with Gasteiger partial charge in [-0.2, -0.15) is 8.70 Å². The summed E-state index contributed by atoms with van der Waals surface area (Å²) < 4.78 is 45.3. The van der Waals surface area contributed by atoms with Crippen molar-refractivity contribution in [1.82, 2.24) is 4.31 Å². The van der Waals surface area contributed by atoms with Crippen molar-refractivity contribution in [3.63, 3.8) is 0 Å². The fourth-order valence-corrected chi connectivity index (χ4v) is 4.33. The Morgan fingerprint density at radius 2 is 1.53 bits per heavy atom. The van der Waals surface area contributed by atoms with E-state index in [1.54, 1.807) is 30.3 Å². The Bertz CT molecular complexity index is 996. The highest BCUT2D eigenvalue weighted by atomic mass is 32.2. The number of nitrogens with zero attached hydrogens (tertiary/aromatic N) is 1. The van der Waals surface area contributed by atoms with Crippen molar-refractivity contribution in [3.8, 4) is 0 Å². The number of hydrogen-bond donors (Lipinski definition) is 0. The lowest BCUT2D eigenvalue weighted by Gasteiger charge is -2.21. The van der Waals surface area contributed by atoms with Crippen LogP contribution < -0.4 is 0 Å². The van der Waals surface area contributed by atoms with Crippen LogP contribution in [0.15, 0.2) is 65.3 Å². The average molecular weight is 434 g/mol. The van der Waals surface area contributed by atoms with E-state index in [4.69, 9.17) is 0 Å². The first-order chi connectivity index (χ1) is 14.3. The zero-order valence-electron chi connectivity index (χ0n) is 16.9. The number of carbonyl (C=O) groups excluding carboxylic acids is 2. The van der Waals surface area contributed by atoms with Gasteiger partial charge in [-0.25, -0.2) is 18.0 Å². The second kappa shape index (κ2) is 10.8. The van der Waals surface area contributed by atoms with E-state index in [9.17, 15) is 22.4 Å². The zero-order valence-corrected chi connectivity index (χ0v) is 17.7. The fraction of sp³-hybridized carbons (Fsp3) is 0.273. The Hall–Kier alpha value is -2.84. The van der Waals surface area contributed by atoms with Crippen LogP contribution in [0.1, 0.15) is 42.6 Å². The third-order valence-electron chi connectivity index (χ3n) is 4.15. The zero-order chi connectivity index (χ0) is 22.1. The van der Waals surface area contributed by atoms with E-state index in [0.717, 1.165) is 6.08 Å². The molecule has 0 aliphatic carbocycles. The highest BCUT2D eigenvalue weighted by Gasteiger charge is 2.24. The summed E-state index contributed by atoms with van der Waals surface area (Å²) in [6.45, 7) is 4.56. The van der Waals surface area contributed by atoms with Crippen molar-refractivity contribution in [2.24, 2.45) is 0 Å². The van der Waals surface area contributed by atoms with Crippen LogP contribution in [0.2, 0.25) is 0 Å². The molecule has 0 fully saturated rings. The summed E-state index contributed by atoms with van der Waals surface area (Å²) in [6, 6.07) is 13.3. The molecule has 30 heavy (non-hydrogen) atoms. The number of benzene rings is 2. The third kappa shape index (κ3) is 6.08. The van der Waals surface area contributed by atoms with E-state index >= 15 is 0 Å². The Kier molecular flexibility index (Phi) is 8.44. The molecule has 2 aromatic carbocycles. The van der Waals surface area contributed by atoms with Gasteiger partial charge in [-0.3, -0.25) is 0 Å². The van der Waals surface area contributed by atoms with Crippen LogP contribution in [-0.2, 0) is 19.6 Å². The lowest BCUT2D eigenvalue weighted by molar-refractivity contribution is -0.135. The lowest BCUT2D eigenvalue weighted by atomic mass is 10.2. The summed E-state index contributed by atoms with van der Waals surface area (Å²) in [5.41, 5.74) is 0.380. The highest BCUT2D eigenvalue weighted by Crippen LogP contribution is 2.18. The molecule has 8 heteroatoms. The summed E-state index contributed by atoms with van der Waals surface area (Å²) in [6.07, 6.45) is 2.31. The Labute approximate surface area is 176 Å². The molecular weight excluding hydrogens is 409 g/mol. The molecule has 0 bridgehead atoms. The molecule has 0 spiro atoms. The normalized spacial score (nSPS) is 12.1. The van der Waals surface area contributed by atoms with E-state index in [0.29, 0.717) is 31.5 Å². The minimum absolute atomic E-state index is 0.0300. The quantitative estimate of drug-likeness (QED) is 0.336. The number of halogens is 1. The molecule has 2 aromatic rings. The van der Waals surface area contributed by atoms with Gasteiger partial charge in [0.1, 0.15) is 0 Å². The predicted molar refractivity (Wildman–Crippen MR) is 112 cm³/mol. The Morgan fingerprint density at radius 1 is 0.967 bits per heavy atom. The molecule has 0 amide bonds. The van der Waals surface area contributed by atoms with Crippen molar-refractivity contribution in [2.45, 2.75) is 31.6 Å². The monoisotopic (exact) mass is 433 g/mol. The summed E-state index contributed by atoms with van der Waals surface area (Å²) in [4.78, 5) is 23.9. The summed E-state index contributed by atoms with van der Waals surface area (Å²) in [7, 11) is -3.69. The van der Waals surface area contributed by atoms with Gasteiger partial charge in [0.25, 0.3) is 0 Å². The van der Waals surface area contributed by atoms with E-state index in [1.807, 2.05) is 13.8 Å². The summed E-state index contributed by atoms with van der Waals surface area (Å²) >= 11 is 0. The van der Waals surface area contributed by atoms with Crippen LogP contribution in [0, 0.1) is 0 Å². The second-order valence-corrected chi connectivity index (χ2v) is 8.45. The third-order valence-corrected chi connectivity index (χ3v) is 6.06. The number of rotatable bonds is 9. The van der Waals surface area contributed by atoms with Crippen LogP contribution in [0.5, 0.6) is 0 Å². The van der Waals surface area contributed by atoms with Crippen LogP contribution >= 0.6 is 0 Å². The van der Waals surface area contributed by atoms with Crippen LogP contribution in [0.25, 0.3) is 6.08 Å². The molecule has 0 atom stereocenters. The van der Waals surface area contributed by atoms with Crippen molar-refractivity contribution >= 4 is 28.0 Å². The number of esters is 2. The molecule has 0 aromatic heterocycles. The van der Waals surface area contributed by atoms with Gasteiger partial charge in [0.15, 0.2) is 0 Å². The van der Waals surface area contributed by atoms with Crippen molar-refractivity contribution in [1.29, 1.82) is 0 Å². The molecule has 0 N–H and O–H groups in total. The highest BCUT2D eigenvalue weighted by molar-refractivity contribution is 7.89. The lowest BCUT2D eigenvalue weighted by Crippen LogP contribution is -2.32. The second-order valence-electron chi connectivity index (χ2n) is 6.51. The van der Waals surface area contributed by atoms with E-state index in [2.05, 4.69) is 4.74 Å². The fourth-order valence-electron chi connectivity index (χ4n) is 2.71. The predicted octanol–water partition coefficient (Wildman–Crippen LogP) is 4.19. The van der Waals surface area contributed by atoms with Gasteiger partial charge in [0.05, 0.1) is 10.5 Å². The molecule has 0 unspecified atom stereocenters. The van der Waals surface area contributed by atoms with Gasteiger partial charge in [-0.15, -0.1) is 0 Å². The van der Waals surface area contributed by atoms with Gasteiger partial charge in [-0.1, -0.05) is 44.2 Å². The van der Waals surface area contributed by atoms with Crippen molar-refractivity contribution in [3.05, 3.63) is 71.6 Å². The van der Waals surface area contributed by atoms with Crippen molar-refractivity contribution in [2.75, 3.05) is 13.1 Å². The van der Waals surface area contributed by atoms with Crippen LogP contribution in [-0.4, -0.2) is 37.8 Å². The summed E-state index contributed by atoms with van der Waals surface area (Å²) in [5, 5.41) is 0. The van der Waals surface area contributed by atoms with Gasteiger partial charge < -0.3 is 4.74 Å². The molecule has 0 aliphatic rings. The molecular formula is C22H24FNO5S. The van der Waals surface area contributed by atoms with Gasteiger partial charge in [0, 0.05) is 13.1 Å². The maximum Gasteiger partial charge on any atom is 0.375 e. The first-order valence-corrected chi connectivity index (χ1v) is 11.0. The molecule has 2 rings (SSSR count). The molecule has 0 heterocycles. The SMILES string of the molecule is CCCN(CCC)S(=O)(=O)c1ccc(C(=O)OC(=O)C(F)=Cc2ccccc2)cc1. The maximum absolute atomic E-state index is 14.0. The van der Waals surface area contributed by atoms with Crippen molar-refractivity contribution < 1.29 is 27.1 Å². The minimum Gasteiger partial charge on any atom is -0.384 e. The first kappa shape index (κ1) is 23.4. The number of sulfonamides is 1. The topological polar surface area (TPSA) is 80.8 Å². The Morgan fingerprint density at radius 3 is 2.07 bits per heavy atom. The number of carbonyl (C=O) groups is 2. The van der Waals surface area contributed by atoms with E-state index in [-0.39, 0.29) is 10.5 Å². The number of hydrogen-bond acceptors (Lipinski definition) is 5. The number of ether oxygens (including phenoxy) is 1. The van der Waals surface area contributed by atoms with Crippen LogP contribution in [0.4, 0.5) is 4.39 Å². The summed E-state index contributed by atoms with van der Waals surface area (Å²) in [5.74, 6) is -3.71. The van der Waals surface area contributed by atoms with E-state index < -0.39 is 27.8 Å². The Balaban J connectivity index is 2.11. The molecule has 0 aliphatic heterocycles. The van der Waals surface area contributed by atoms with E-state index in [1.165, 1.54) is 28.6 Å². The average Bonchev–Trinajstić information content (AvgIpc) is 2.74. The first-order valence-electron chi connectivity index (χ1n) is 9.58. The smallest absolute Gasteiger partial charge is 0.375 e. The molecule has 0 radical (unpaired) electrons. The molecule has 0 saturated carbocycles. The minimum atomic E-state index is -3.69. The van der Waals surface area contributed by atoms with Gasteiger partial charge in [0.2, 0.25) is 15.9 Å². The maximum atomic E-state index is 14.0. The molecule has 160 valence electrons.